The Morgan fingerprint density at radius 1 is 0.947 bits per heavy atom. The molecule has 2 fully saturated rings. The van der Waals surface area contributed by atoms with Crippen molar-refractivity contribution in [2.24, 2.45) is 0 Å². The number of nitrogens with one attached hydrogen (secondary N) is 1. The second-order valence-electron chi connectivity index (χ2n) is 10.1. The number of amides is 1. The maximum atomic E-state index is 13.4. The molecule has 3 aromatic carbocycles. The standard InChI is InChI=1S/C30H30N2O5S/c1-30(2)25(32-26(34)24(27(32)38-30)31-22(33)18-19-12-6-3-7-13-19)29(36)37-28(35)23(20-14-8-4-9-15-20)21-16-10-5-11-17-21/h3-17,22-25,27,31,33H,18H2,1-2H3/t22?,24-,25+,27-/m1/s1. The topological polar surface area (TPSA) is 95.9 Å². The lowest BCUT2D eigenvalue weighted by atomic mass is 9.91. The molecule has 2 saturated heterocycles. The summed E-state index contributed by atoms with van der Waals surface area (Å²) in [7, 11) is 0. The van der Waals surface area contributed by atoms with Crippen LogP contribution >= 0.6 is 11.8 Å². The van der Waals surface area contributed by atoms with Gasteiger partial charge in [0, 0.05) is 11.2 Å². The van der Waals surface area contributed by atoms with Crippen molar-refractivity contribution in [1.29, 1.82) is 0 Å². The number of aliphatic hydroxyl groups is 1. The minimum atomic E-state index is -0.925. The van der Waals surface area contributed by atoms with Gasteiger partial charge in [-0.3, -0.25) is 14.9 Å². The third-order valence-electron chi connectivity index (χ3n) is 7.01. The van der Waals surface area contributed by atoms with Crippen LogP contribution in [0.5, 0.6) is 0 Å². The van der Waals surface area contributed by atoms with E-state index in [1.165, 1.54) is 16.7 Å². The van der Waals surface area contributed by atoms with Crippen LogP contribution in [0.25, 0.3) is 0 Å². The predicted octanol–water partition coefficient (Wildman–Crippen LogP) is 3.47. The van der Waals surface area contributed by atoms with Crippen LogP contribution in [0.15, 0.2) is 91.0 Å². The van der Waals surface area contributed by atoms with Gasteiger partial charge in [-0.1, -0.05) is 91.0 Å². The van der Waals surface area contributed by atoms with Crippen molar-refractivity contribution in [1.82, 2.24) is 10.2 Å². The van der Waals surface area contributed by atoms with Gasteiger partial charge >= 0.3 is 11.9 Å². The molecule has 0 spiro atoms. The van der Waals surface area contributed by atoms with E-state index in [1.54, 1.807) is 0 Å². The van der Waals surface area contributed by atoms with E-state index in [-0.39, 0.29) is 11.3 Å². The molecule has 0 saturated carbocycles. The van der Waals surface area contributed by atoms with E-state index in [2.05, 4.69) is 5.32 Å². The lowest BCUT2D eigenvalue weighted by Crippen LogP contribution is -2.71. The van der Waals surface area contributed by atoms with Gasteiger partial charge in [-0.2, -0.15) is 0 Å². The third kappa shape index (κ3) is 5.12. The number of nitrogens with zero attached hydrogens (tertiary/aromatic N) is 1. The number of carbonyl (C=O) groups excluding carboxylic acids is 3. The quantitative estimate of drug-likeness (QED) is 0.199. The summed E-state index contributed by atoms with van der Waals surface area (Å²) >= 11 is 1.46. The summed E-state index contributed by atoms with van der Waals surface area (Å²) in [5, 5.41) is 13.2. The minimum absolute atomic E-state index is 0.294. The maximum absolute atomic E-state index is 13.4. The minimum Gasteiger partial charge on any atom is -0.391 e. The van der Waals surface area contributed by atoms with Gasteiger partial charge in [0.2, 0.25) is 5.91 Å². The highest BCUT2D eigenvalue weighted by molar-refractivity contribution is 8.01. The highest BCUT2D eigenvalue weighted by atomic mass is 32.2. The summed E-state index contributed by atoms with van der Waals surface area (Å²) in [6.07, 6.45) is -0.562. The number of rotatable bonds is 8. The summed E-state index contributed by atoms with van der Waals surface area (Å²) in [4.78, 5) is 41.4. The lowest BCUT2D eigenvalue weighted by molar-refractivity contribution is -0.171. The van der Waals surface area contributed by atoms with E-state index >= 15 is 0 Å². The number of aliphatic hydroxyl groups excluding tert-OH is 1. The molecule has 0 bridgehead atoms. The van der Waals surface area contributed by atoms with Crippen LogP contribution in [0.3, 0.4) is 0 Å². The number of hydrogen-bond acceptors (Lipinski definition) is 7. The molecule has 0 radical (unpaired) electrons. The van der Waals surface area contributed by atoms with Crippen LogP contribution < -0.4 is 5.32 Å². The molecule has 7 nitrogen and oxygen atoms in total. The molecule has 1 unspecified atom stereocenters. The van der Waals surface area contributed by atoms with Gasteiger partial charge in [0.25, 0.3) is 0 Å². The predicted molar refractivity (Wildman–Crippen MR) is 145 cm³/mol. The van der Waals surface area contributed by atoms with Crippen LogP contribution in [0.1, 0.15) is 36.5 Å². The van der Waals surface area contributed by atoms with E-state index in [0.717, 1.165) is 5.56 Å². The molecule has 4 atom stereocenters. The Kier molecular flexibility index (Phi) is 7.38. The van der Waals surface area contributed by atoms with Crippen LogP contribution in [0, 0.1) is 0 Å². The van der Waals surface area contributed by atoms with Crippen molar-refractivity contribution in [3.8, 4) is 0 Å². The Bertz CT molecular complexity index is 1260. The van der Waals surface area contributed by atoms with E-state index in [0.29, 0.717) is 17.5 Å². The van der Waals surface area contributed by atoms with Gasteiger partial charge in [-0.05, 0) is 30.5 Å². The normalized spacial score (nSPS) is 22.5. The van der Waals surface area contributed by atoms with Gasteiger partial charge in [0.15, 0.2) is 0 Å². The van der Waals surface area contributed by atoms with Crippen LogP contribution in [0.2, 0.25) is 0 Å². The van der Waals surface area contributed by atoms with E-state index in [1.807, 2.05) is 105 Å². The molecule has 8 heteroatoms. The third-order valence-corrected chi connectivity index (χ3v) is 8.58. The summed E-state index contributed by atoms with van der Waals surface area (Å²) in [5.74, 6) is -2.50. The molecule has 0 aromatic heterocycles. The maximum Gasteiger partial charge on any atom is 0.338 e. The molecule has 2 N–H and O–H groups in total. The average molecular weight is 531 g/mol. The molecule has 2 aliphatic heterocycles. The number of esters is 2. The lowest BCUT2D eigenvalue weighted by Gasteiger charge is -2.44. The van der Waals surface area contributed by atoms with Crippen molar-refractivity contribution in [2.75, 3.05) is 0 Å². The summed E-state index contributed by atoms with van der Waals surface area (Å²) in [6, 6.07) is 26.3. The first-order valence-electron chi connectivity index (χ1n) is 12.6. The first-order chi connectivity index (χ1) is 18.3. The van der Waals surface area contributed by atoms with E-state index < -0.39 is 40.9 Å². The molecule has 196 valence electrons. The Labute approximate surface area is 226 Å². The molecule has 38 heavy (non-hydrogen) atoms. The molecule has 3 aromatic rings. The second kappa shape index (κ2) is 10.7. The summed E-state index contributed by atoms with van der Waals surface area (Å²) in [6.45, 7) is 3.73. The van der Waals surface area contributed by atoms with Crippen LogP contribution in [0.4, 0.5) is 0 Å². The van der Waals surface area contributed by atoms with Crippen LogP contribution in [-0.4, -0.2) is 56.3 Å². The highest BCUT2D eigenvalue weighted by Crippen LogP contribution is 2.51. The van der Waals surface area contributed by atoms with Crippen molar-refractivity contribution in [3.63, 3.8) is 0 Å². The Morgan fingerprint density at radius 2 is 1.47 bits per heavy atom. The number of ether oxygens (including phenoxy) is 1. The van der Waals surface area contributed by atoms with Gasteiger partial charge in [0.05, 0.1) is 0 Å². The molecule has 2 heterocycles. The zero-order valence-electron chi connectivity index (χ0n) is 21.2. The average Bonchev–Trinajstić information content (AvgIpc) is 3.17. The Hall–Kier alpha value is -3.46. The summed E-state index contributed by atoms with van der Waals surface area (Å²) < 4.78 is 4.80. The summed E-state index contributed by atoms with van der Waals surface area (Å²) in [5.41, 5.74) is 2.37. The first kappa shape index (κ1) is 26.2. The second-order valence-corrected chi connectivity index (χ2v) is 11.9. The SMILES string of the molecule is CC1(C)S[C@@H]2[C@H](NC(O)Cc3ccccc3)C(=O)N2[C@H]1C(=O)OC(=O)C(c1ccccc1)c1ccccc1. The number of hydrogen-bond donors (Lipinski definition) is 2. The number of β-lactam (4-membered cyclic amide) rings is 1. The van der Waals surface area contributed by atoms with E-state index in [4.69, 9.17) is 4.74 Å². The van der Waals surface area contributed by atoms with Crippen LogP contribution in [-0.2, 0) is 25.5 Å². The molecule has 2 aliphatic rings. The molecular formula is C30H30N2O5S. The number of thioether (sulfide) groups is 1. The fourth-order valence-corrected chi connectivity index (χ4v) is 6.85. The number of benzene rings is 3. The Balaban J connectivity index is 1.29. The monoisotopic (exact) mass is 530 g/mol. The smallest absolute Gasteiger partial charge is 0.338 e. The van der Waals surface area contributed by atoms with Gasteiger partial charge in [-0.25, -0.2) is 4.79 Å². The van der Waals surface area contributed by atoms with E-state index in [9.17, 15) is 19.5 Å². The molecule has 5 rings (SSSR count). The largest absolute Gasteiger partial charge is 0.391 e. The molecular weight excluding hydrogens is 500 g/mol. The highest BCUT2D eigenvalue weighted by Gasteiger charge is 2.64. The van der Waals surface area contributed by atoms with Gasteiger partial charge in [-0.15, -0.1) is 11.8 Å². The fourth-order valence-electron chi connectivity index (χ4n) is 5.22. The van der Waals surface area contributed by atoms with Gasteiger partial charge in [0.1, 0.15) is 29.6 Å². The van der Waals surface area contributed by atoms with Crippen molar-refractivity contribution < 1.29 is 24.2 Å². The number of fused-ring (bicyclic) bond motifs is 1. The molecule has 0 aliphatic carbocycles. The van der Waals surface area contributed by atoms with Crippen molar-refractivity contribution >= 4 is 29.6 Å². The molecule has 1 amide bonds. The fraction of sp³-hybridized carbons (Fsp3) is 0.300. The first-order valence-corrected chi connectivity index (χ1v) is 13.5. The Morgan fingerprint density at radius 3 is 2.03 bits per heavy atom. The van der Waals surface area contributed by atoms with Gasteiger partial charge < -0.3 is 14.7 Å². The van der Waals surface area contributed by atoms with Crippen molar-refractivity contribution in [3.05, 3.63) is 108 Å². The zero-order chi connectivity index (χ0) is 26.9. The number of carbonyl (C=O) groups is 3. The zero-order valence-corrected chi connectivity index (χ0v) is 22.0. The van der Waals surface area contributed by atoms with Crippen molar-refractivity contribution in [2.45, 2.75) is 54.6 Å².